The van der Waals surface area contributed by atoms with Crippen LogP contribution in [0.4, 0.5) is 8.78 Å². The predicted octanol–water partition coefficient (Wildman–Crippen LogP) is 5.10. The number of unbranched alkanes of at least 4 members (excludes halogenated alkanes) is 2. The Morgan fingerprint density at radius 1 is 0.810 bits per heavy atom. The highest BCUT2D eigenvalue weighted by molar-refractivity contribution is 5.43. The first kappa shape index (κ1) is 15.3. The zero-order valence-electron chi connectivity index (χ0n) is 12.1. The van der Waals surface area contributed by atoms with Gasteiger partial charge in [-0.05, 0) is 48.7 Å². The Labute approximate surface area is 124 Å². The molecule has 0 atom stereocenters. The fraction of sp³-hybridized carbons (Fsp3) is 0.263. The van der Waals surface area contributed by atoms with Crippen LogP contribution in [0.25, 0.3) is 0 Å². The van der Waals surface area contributed by atoms with Gasteiger partial charge in [0, 0.05) is 11.1 Å². The average molecular weight is 284 g/mol. The fourth-order valence-corrected chi connectivity index (χ4v) is 2.05. The van der Waals surface area contributed by atoms with Gasteiger partial charge in [-0.1, -0.05) is 43.7 Å². The second-order valence-corrected chi connectivity index (χ2v) is 5.03. The summed E-state index contributed by atoms with van der Waals surface area (Å²) >= 11 is 0. The molecule has 0 amide bonds. The van der Waals surface area contributed by atoms with Crippen LogP contribution in [-0.4, -0.2) is 0 Å². The van der Waals surface area contributed by atoms with Crippen molar-refractivity contribution in [1.29, 1.82) is 0 Å². The van der Waals surface area contributed by atoms with E-state index in [1.54, 1.807) is 0 Å². The van der Waals surface area contributed by atoms with Crippen molar-refractivity contribution in [2.75, 3.05) is 0 Å². The smallest absolute Gasteiger partial charge is 0.160 e. The summed E-state index contributed by atoms with van der Waals surface area (Å²) < 4.78 is 25.9. The van der Waals surface area contributed by atoms with Crippen LogP contribution in [-0.2, 0) is 6.42 Å². The molecule has 2 aromatic rings. The molecule has 0 aliphatic carbocycles. The molecule has 0 saturated heterocycles. The zero-order valence-corrected chi connectivity index (χ0v) is 12.1. The summed E-state index contributed by atoms with van der Waals surface area (Å²) in [5.74, 6) is 4.09. The molecule has 0 fully saturated rings. The number of rotatable bonds is 4. The van der Waals surface area contributed by atoms with E-state index in [2.05, 4.69) is 30.9 Å². The summed E-state index contributed by atoms with van der Waals surface area (Å²) in [7, 11) is 0. The van der Waals surface area contributed by atoms with E-state index in [1.807, 2.05) is 12.1 Å². The summed E-state index contributed by atoms with van der Waals surface area (Å²) in [4.78, 5) is 0. The van der Waals surface area contributed by atoms with E-state index in [4.69, 9.17) is 0 Å². The van der Waals surface area contributed by atoms with Gasteiger partial charge in [0.15, 0.2) is 11.6 Å². The summed E-state index contributed by atoms with van der Waals surface area (Å²) in [5, 5.41) is 0. The number of aryl methyl sites for hydroxylation is 1. The van der Waals surface area contributed by atoms with Crippen LogP contribution >= 0.6 is 0 Å². The molecular weight excluding hydrogens is 266 g/mol. The van der Waals surface area contributed by atoms with E-state index >= 15 is 0 Å². The highest BCUT2D eigenvalue weighted by Crippen LogP contribution is 2.10. The number of halogens is 2. The van der Waals surface area contributed by atoms with Gasteiger partial charge in [0.05, 0.1) is 0 Å². The van der Waals surface area contributed by atoms with E-state index in [1.165, 1.54) is 30.9 Å². The van der Waals surface area contributed by atoms with Crippen LogP contribution < -0.4 is 0 Å². The maximum absolute atomic E-state index is 13.1. The second kappa shape index (κ2) is 7.59. The van der Waals surface area contributed by atoms with E-state index in [0.717, 1.165) is 24.1 Å². The van der Waals surface area contributed by atoms with Crippen molar-refractivity contribution in [3.63, 3.8) is 0 Å². The molecule has 0 bridgehead atoms. The standard InChI is InChI=1S/C19H18F2/c1-2-3-4-5-15-6-8-16(9-7-15)10-11-17-12-13-18(20)19(21)14-17/h6-9,12-14H,2-5H2,1H3. The lowest BCUT2D eigenvalue weighted by molar-refractivity contribution is 0.508. The molecule has 0 aromatic heterocycles. The normalized spacial score (nSPS) is 10.0. The van der Waals surface area contributed by atoms with E-state index in [0.29, 0.717) is 5.56 Å². The lowest BCUT2D eigenvalue weighted by Gasteiger charge is -2.00. The average Bonchev–Trinajstić information content (AvgIpc) is 2.50. The van der Waals surface area contributed by atoms with Crippen LogP contribution in [0.3, 0.4) is 0 Å². The minimum atomic E-state index is -0.868. The third kappa shape index (κ3) is 4.72. The number of hydrogen-bond donors (Lipinski definition) is 0. The van der Waals surface area contributed by atoms with Gasteiger partial charge >= 0.3 is 0 Å². The minimum absolute atomic E-state index is 0.473. The first-order valence-electron chi connectivity index (χ1n) is 7.25. The van der Waals surface area contributed by atoms with E-state index in [-0.39, 0.29) is 0 Å². The van der Waals surface area contributed by atoms with Crippen LogP contribution in [0, 0.1) is 23.5 Å². The molecule has 2 aromatic carbocycles. The lowest BCUT2D eigenvalue weighted by Crippen LogP contribution is -1.86. The largest absolute Gasteiger partial charge is 0.204 e. The quantitative estimate of drug-likeness (QED) is 0.541. The lowest BCUT2D eigenvalue weighted by atomic mass is 10.1. The maximum atomic E-state index is 13.1. The molecule has 0 heterocycles. The van der Waals surface area contributed by atoms with E-state index in [9.17, 15) is 8.78 Å². The van der Waals surface area contributed by atoms with Crippen LogP contribution in [0.1, 0.15) is 42.9 Å². The monoisotopic (exact) mass is 284 g/mol. The molecule has 0 N–H and O–H groups in total. The SMILES string of the molecule is CCCCCc1ccc(C#Cc2ccc(F)c(F)c2)cc1. The molecule has 0 radical (unpaired) electrons. The molecule has 108 valence electrons. The Morgan fingerprint density at radius 2 is 1.48 bits per heavy atom. The van der Waals surface area contributed by atoms with Gasteiger partial charge in [0.25, 0.3) is 0 Å². The highest BCUT2D eigenvalue weighted by atomic mass is 19.2. The highest BCUT2D eigenvalue weighted by Gasteiger charge is 2.00. The van der Waals surface area contributed by atoms with Crippen LogP contribution in [0.15, 0.2) is 42.5 Å². The molecule has 0 aliphatic rings. The maximum Gasteiger partial charge on any atom is 0.160 e. The topological polar surface area (TPSA) is 0 Å². The van der Waals surface area contributed by atoms with Crippen molar-refractivity contribution < 1.29 is 8.78 Å². The molecule has 0 saturated carbocycles. The Hall–Kier alpha value is -2.14. The van der Waals surface area contributed by atoms with Crippen LogP contribution in [0.5, 0.6) is 0 Å². The van der Waals surface area contributed by atoms with Crippen molar-refractivity contribution in [3.8, 4) is 11.8 Å². The summed E-state index contributed by atoms with van der Waals surface area (Å²) in [5.41, 5.74) is 2.65. The Bertz CT molecular complexity index is 646. The van der Waals surface area contributed by atoms with Crippen molar-refractivity contribution >= 4 is 0 Å². The van der Waals surface area contributed by atoms with Gasteiger partial charge in [-0.25, -0.2) is 8.78 Å². The molecule has 21 heavy (non-hydrogen) atoms. The molecule has 0 aliphatic heterocycles. The molecule has 2 heteroatoms. The van der Waals surface area contributed by atoms with Crippen molar-refractivity contribution in [3.05, 3.63) is 70.8 Å². The van der Waals surface area contributed by atoms with Gasteiger partial charge in [-0.2, -0.15) is 0 Å². The Balaban J connectivity index is 2.03. The van der Waals surface area contributed by atoms with Gasteiger partial charge < -0.3 is 0 Å². The van der Waals surface area contributed by atoms with Gasteiger partial charge in [-0.15, -0.1) is 0 Å². The van der Waals surface area contributed by atoms with Gasteiger partial charge in [-0.3, -0.25) is 0 Å². The summed E-state index contributed by atoms with van der Waals surface area (Å²) in [6.07, 6.45) is 4.76. The molecular formula is C19H18F2. The van der Waals surface area contributed by atoms with Crippen molar-refractivity contribution in [2.24, 2.45) is 0 Å². The molecule has 2 rings (SSSR count). The molecule has 0 unspecified atom stereocenters. The predicted molar refractivity (Wildman–Crippen MR) is 82.0 cm³/mol. The van der Waals surface area contributed by atoms with Gasteiger partial charge in [0.2, 0.25) is 0 Å². The summed E-state index contributed by atoms with van der Waals surface area (Å²) in [6.45, 7) is 2.19. The van der Waals surface area contributed by atoms with Crippen molar-refractivity contribution in [1.82, 2.24) is 0 Å². The first-order chi connectivity index (χ1) is 10.2. The first-order valence-corrected chi connectivity index (χ1v) is 7.25. The number of hydrogen-bond acceptors (Lipinski definition) is 0. The second-order valence-electron chi connectivity index (χ2n) is 5.03. The summed E-state index contributed by atoms with van der Waals surface area (Å²) in [6, 6.07) is 11.8. The minimum Gasteiger partial charge on any atom is -0.204 e. The zero-order chi connectivity index (χ0) is 15.1. The molecule has 0 spiro atoms. The third-order valence-corrected chi connectivity index (χ3v) is 3.29. The third-order valence-electron chi connectivity index (χ3n) is 3.29. The molecule has 0 nitrogen and oxygen atoms in total. The van der Waals surface area contributed by atoms with Gasteiger partial charge in [0.1, 0.15) is 0 Å². The Morgan fingerprint density at radius 3 is 2.14 bits per heavy atom. The van der Waals surface area contributed by atoms with Crippen LogP contribution in [0.2, 0.25) is 0 Å². The van der Waals surface area contributed by atoms with E-state index < -0.39 is 11.6 Å². The Kier molecular flexibility index (Phi) is 5.51. The number of benzene rings is 2. The fourth-order valence-electron chi connectivity index (χ4n) is 2.05. The van der Waals surface area contributed by atoms with Crippen molar-refractivity contribution in [2.45, 2.75) is 32.6 Å².